The first-order valence-electron chi connectivity index (χ1n) is 5.94. The van der Waals surface area contributed by atoms with Gasteiger partial charge in [-0.1, -0.05) is 0 Å². The van der Waals surface area contributed by atoms with Crippen LogP contribution in [0.25, 0.3) is 0 Å². The van der Waals surface area contributed by atoms with Gasteiger partial charge >= 0.3 is 99.3 Å². The molecule has 0 aliphatic carbocycles. The Morgan fingerprint density at radius 3 is 1.07 bits per heavy atom. The molecule has 0 aromatic rings. The Hall–Kier alpha value is 1.17. The maximum atomic E-state index is 6.93. The molecule has 86 valence electrons. The van der Waals surface area contributed by atoms with E-state index in [0.29, 0.717) is 0 Å². The van der Waals surface area contributed by atoms with Gasteiger partial charge in [0.1, 0.15) is 0 Å². The van der Waals surface area contributed by atoms with E-state index >= 15 is 0 Å². The molecule has 0 rings (SSSR count). The fourth-order valence-corrected chi connectivity index (χ4v) is 19.9. The van der Waals surface area contributed by atoms with E-state index < -0.39 is 19.1 Å². The van der Waals surface area contributed by atoms with Crippen molar-refractivity contribution in [3.8, 4) is 0 Å². The molecular weight excluding hydrogens is 271 g/mol. The third-order valence-electron chi connectivity index (χ3n) is 2.32. The Morgan fingerprint density at radius 1 is 0.714 bits per heavy atom. The molecule has 0 aliphatic rings. The fraction of sp³-hybridized carbons (Fsp3) is 1.00. The van der Waals surface area contributed by atoms with Crippen LogP contribution in [-0.2, 0) is 19.1 Å². The topological polar surface area (TPSA) is 0 Å². The van der Waals surface area contributed by atoms with Crippen LogP contribution in [0.3, 0.4) is 0 Å². The van der Waals surface area contributed by atoms with E-state index in [1.807, 2.05) is 0 Å². The standard InChI is InChI=1S/3C4H9.ClH.Zr/c3*1-4(2)3;;/h3*4H,1H2,2-3H3;1H;/q;;;;+1/p-1. The minimum absolute atomic E-state index is 0.792. The zero-order chi connectivity index (χ0) is 11.4. The molecule has 0 amide bonds. The molecule has 0 unspecified atom stereocenters. The molecule has 2 heteroatoms. The van der Waals surface area contributed by atoms with Crippen molar-refractivity contribution in [3.63, 3.8) is 0 Å². The van der Waals surface area contributed by atoms with Gasteiger partial charge < -0.3 is 0 Å². The van der Waals surface area contributed by atoms with Crippen molar-refractivity contribution in [1.82, 2.24) is 0 Å². The Labute approximate surface area is 98.8 Å². The maximum absolute atomic E-state index is 6.93. The molecule has 0 fully saturated rings. The summed E-state index contributed by atoms with van der Waals surface area (Å²) >= 11 is -2.24. The molecule has 0 atom stereocenters. The Morgan fingerprint density at radius 2 is 0.929 bits per heavy atom. The first-order valence-corrected chi connectivity index (χ1v) is 14.3. The summed E-state index contributed by atoms with van der Waals surface area (Å²) in [6.07, 6.45) is 0. The molecule has 0 saturated carbocycles. The molecule has 0 spiro atoms. The second-order valence-corrected chi connectivity index (χ2v) is 19.4. The Balaban J connectivity index is 4.32. The van der Waals surface area contributed by atoms with Crippen LogP contribution >= 0.6 is 8.51 Å². The summed E-state index contributed by atoms with van der Waals surface area (Å²) < 4.78 is 4.06. The normalized spacial score (nSPS) is 13.3. The number of hydrogen-bond acceptors (Lipinski definition) is 0. The van der Waals surface area contributed by atoms with Crippen LogP contribution in [-0.4, -0.2) is 0 Å². The molecule has 0 nitrogen and oxygen atoms in total. The molecule has 14 heavy (non-hydrogen) atoms. The molecule has 0 aromatic heterocycles. The summed E-state index contributed by atoms with van der Waals surface area (Å²) in [4.78, 5) is 0. The quantitative estimate of drug-likeness (QED) is 0.606. The Bertz CT molecular complexity index is 126. The molecule has 0 bridgehead atoms. The third kappa shape index (κ3) is 7.46. The van der Waals surface area contributed by atoms with Crippen LogP contribution in [0, 0.1) is 17.8 Å². The van der Waals surface area contributed by atoms with Gasteiger partial charge in [0.2, 0.25) is 0 Å². The van der Waals surface area contributed by atoms with E-state index in [0.717, 1.165) is 17.8 Å². The number of halogens is 1. The summed E-state index contributed by atoms with van der Waals surface area (Å²) in [5.41, 5.74) is 0. The van der Waals surface area contributed by atoms with Gasteiger partial charge in [-0.2, -0.15) is 0 Å². The second kappa shape index (κ2) is 6.69. The van der Waals surface area contributed by atoms with E-state index in [-0.39, 0.29) is 0 Å². The SMILES string of the molecule is CC(C)[CH2][Zr]([Cl])([CH2]C(C)C)[CH2]C(C)C. The summed E-state index contributed by atoms with van der Waals surface area (Å²) in [5.74, 6) is 2.38. The zero-order valence-electron chi connectivity index (χ0n) is 10.7. The first kappa shape index (κ1) is 15.2. The van der Waals surface area contributed by atoms with E-state index in [4.69, 9.17) is 8.51 Å². The van der Waals surface area contributed by atoms with Crippen LogP contribution in [0.2, 0.25) is 12.4 Å². The van der Waals surface area contributed by atoms with Gasteiger partial charge in [-0.25, -0.2) is 0 Å². The van der Waals surface area contributed by atoms with Crippen molar-refractivity contribution >= 4 is 8.51 Å². The van der Waals surface area contributed by atoms with Gasteiger partial charge in [0.15, 0.2) is 0 Å². The van der Waals surface area contributed by atoms with Crippen molar-refractivity contribution in [2.45, 2.75) is 53.9 Å². The van der Waals surface area contributed by atoms with Gasteiger partial charge in [0, 0.05) is 0 Å². The average molecular weight is 298 g/mol. The summed E-state index contributed by atoms with van der Waals surface area (Å²) in [6.45, 7) is 13.9. The van der Waals surface area contributed by atoms with Gasteiger partial charge in [0.05, 0.1) is 0 Å². The molecule has 0 aliphatic heterocycles. The number of hydrogen-bond donors (Lipinski definition) is 0. The number of rotatable bonds is 6. The average Bonchev–Trinajstić information content (AvgIpc) is 1.76. The van der Waals surface area contributed by atoms with Gasteiger partial charge in [-0.05, 0) is 0 Å². The fourth-order valence-electron chi connectivity index (χ4n) is 2.44. The molecule has 0 radical (unpaired) electrons. The summed E-state index contributed by atoms with van der Waals surface area (Å²) in [5, 5.41) is 0. The van der Waals surface area contributed by atoms with Crippen LogP contribution in [0.1, 0.15) is 41.5 Å². The molecular formula is C12H27ClZr. The van der Waals surface area contributed by atoms with Gasteiger partial charge in [-0.15, -0.1) is 0 Å². The van der Waals surface area contributed by atoms with Crippen molar-refractivity contribution in [3.05, 3.63) is 0 Å². The van der Waals surface area contributed by atoms with Gasteiger partial charge in [-0.3, -0.25) is 0 Å². The van der Waals surface area contributed by atoms with Crippen molar-refractivity contribution in [2.75, 3.05) is 0 Å². The third-order valence-corrected chi connectivity index (χ3v) is 16.5. The van der Waals surface area contributed by atoms with Crippen molar-refractivity contribution in [1.29, 1.82) is 0 Å². The monoisotopic (exact) mass is 296 g/mol. The van der Waals surface area contributed by atoms with E-state index in [9.17, 15) is 0 Å². The molecule has 0 N–H and O–H groups in total. The molecule has 0 heterocycles. The zero-order valence-corrected chi connectivity index (χ0v) is 13.9. The molecule has 0 saturated heterocycles. The van der Waals surface area contributed by atoms with Crippen LogP contribution < -0.4 is 0 Å². The van der Waals surface area contributed by atoms with Crippen molar-refractivity contribution < 1.29 is 19.1 Å². The van der Waals surface area contributed by atoms with E-state index in [1.165, 1.54) is 12.4 Å². The second-order valence-electron chi connectivity index (χ2n) is 5.94. The predicted molar refractivity (Wildman–Crippen MR) is 64.8 cm³/mol. The predicted octanol–water partition coefficient (Wildman–Crippen LogP) is 5.52. The van der Waals surface area contributed by atoms with E-state index in [1.54, 1.807) is 0 Å². The summed E-state index contributed by atoms with van der Waals surface area (Å²) in [6, 6.07) is 0. The molecule has 0 aromatic carbocycles. The summed E-state index contributed by atoms with van der Waals surface area (Å²) in [7, 11) is 6.93. The van der Waals surface area contributed by atoms with Crippen molar-refractivity contribution in [2.24, 2.45) is 17.8 Å². The van der Waals surface area contributed by atoms with Gasteiger partial charge in [0.25, 0.3) is 0 Å². The first-order chi connectivity index (χ1) is 6.25. The van der Waals surface area contributed by atoms with Crippen LogP contribution in [0.4, 0.5) is 0 Å². The van der Waals surface area contributed by atoms with Crippen LogP contribution in [0.15, 0.2) is 0 Å². The van der Waals surface area contributed by atoms with Crippen LogP contribution in [0.5, 0.6) is 0 Å². The van der Waals surface area contributed by atoms with E-state index in [2.05, 4.69) is 41.5 Å². The minimum atomic E-state index is -2.24. The Kier molecular flexibility index (Phi) is 7.25.